The highest BCUT2D eigenvalue weighted by atomic mass is 35.5. The zero-order valence-corrected chi connectivity index (χ0v) is 7.94. The highest BCUT2D eigenvalue weighted by Gasteiger charge is 2.03. The summed E-state index contributed by atoms with van der Waals surface area (Å²) in [6, 6.07) is 5.35. The highest BCUT2D eigenvalue weighted by Crippen LogP contribution is 2.21. The third-order valence-electron chi connectivity index (χ3n) is 1.75. The van der Waals surface area contributed by atoms with Gasteiger partial charge in [0.2, 0.25) is 0 Å². The van der Waals surface area contributed by atoms with Gasteiger partial charge in [-0.25, -0.2) is 0 Å². The number of hydrogen-bond acceptors (Lipinski definition) is 4. The smallest absolute Gasteiger partial charge is 0.174 e. The van der Waals surface area contributed by atoms with Gasteiger partial charge in [0.1, 0.15) is 0 Å². The Morgan fingerprint density at radius 1 is 1.14 bits per heavy atom. The first-order valence-corrected chi connectivity index (χ1v) is 4.34. The second-order valence-corrected chi connectivity index (χ2v) is 3.07. The highest BCUT2D eigenvalue weighted by molar-refractivity contribution is 6.31. The molecule has 0 aliphatic carbocycles. The fourth-order valence-electron chi connectivity index (χ4n) is 1.05. The van der Waals surface area contributed by atoms with Crippen LogP contribution in [-0.2, 0) is 0 Å². The predicted molar refractivity (Wildman–Crippen MR) is 54.7 cm³/mol. The third kappa shape index (κ3) is 1.65. The monoisotopic (exact) mass is 206 g/mol. The molecule has 2 aromatic heterocycles. The summed E-state index contributed by atoms with van der Waals surface area (Å²) < 4.78 is 0. The van der Waals surface area contributed by atoms with Crippen molar-refractivity contribution in [1.29, 1.82) is 0 Å². The Hall–Kier alpha value is -1.68. The number of nitrogens with zero attached hydrogens (tertiary/aromatic N) is 3. The Labute approximate surface area is 85.8 Å². The third-order valence-corrected chi connectivity index (χ3v) is 2.05. The summed E-state index contributed by atoms with van der Waals surface area (Å²) in [6.07, 6.45) is 3.36. The van der Waals surface area contributed by atoms with Crippen molar-refractivity contribution in [3.05, 3.63) is 35.7 Å². The van der Waals surface area contributed by atoms with Gasteiger partial charge < -0.3 is 5.73 Å². The summed E-state index contributed by atoms with van der Waals surface area (Å²) in [7, 11) is 0. The molecule has 0 bridgehead atoms. The van der Waals surface area contributed by atoms with Crippen molar-refractivity contribution < 1.29 is 0 Å². The Bertz CT molecular complexity index is 444. The van der Waals surface area contributed by atoms with Crippen LogP contribution in [0.3, 0.4) is 0 Å². The van der Waals surface area contributed by atoms with Crippen LogP contribution in [0.5, 0.6) is 0 Å². The lowest BCUT2D eigenvalue weighted by Gasteiger charge is -2.00. The molecule has 2 N–H and O–H groups in total. The summed E-state index contributed by atoms with van der Waals surface area (Å²) in [5.41, 5.74) is 7.63. The summed E-state index contributed by atoms with van der Waals surface area (Å²) in [4.78, 5) is 3.91. The van der Waals surface area contributed by atoms with Crippen LogP contribution < -0.4 is 5.73 Å². The molecule has 0 aromatic carbocycles. The van der Waals surface area contributed by atoms with Crippen LogP contribution in [0, 0.1) is 0 Å². The molecule has 0 atom stereocenters. The van der Waals surface area contributed by atoms with E-state index in [1.165, 1.54) is 0 Å². The normalized spacial score (nSPS) is 10.1. The Morgan fingerprint density at radius 3 is 2.50 bits per heavy atom. The number of rotatable bonds is 1. The lowest BCUT2D eigenvalue weighted by atomic mass is 10.2. The molecule has 0 unspecified atom stereocenters. The van der Waals surface area contributed by atoms with Gasteiger partial charge in [-0.15, -0.1) is 10.2 Å². The van der Waals surface area contributed by atoms with Crippen LogP contribution in [0.2, 0.25) is 5.15 Å². The predicted octanol–water partition coefficient (Wildman–Crippen LogP) is 1.77. The number of nitrogen functional groups attached to an aromatic ring is 1. The van der Waals surface area contributed by atoms with E-state index in [9.17, 15) is 0 Å². The fourth-order valence-corrected chi connectivity index (χ4v) is 1.15. The molecule has 4 nitrogen and oxygen atoms in total. The van der Waals surface area contributed by atoms with Crippen molar-refractivity contribution in [2.45, 2.75) is 0 Å². The van der Waals surface area contributed by atoms with E-state index in [0.717, 1.165) is 5.56 Å². The van der Waals surface area contributed by atoms with E-state index < -0.39 is 0 Å². The molecule has 0 aliphatic heterocycles. The Balaban J connectivity index is 2.48. The van der Waals surface area contributed by atoms with Crippen molar-refractivity contribution >= 4 is 17.3 Å². The lowest BCUT2D eigenvalue weighted by Crippen LogP contribution is -1.94. The standard InChI is InChI=1S/C9H7ClN4/c10-9-7(11)5-8(13-14-9)6-1-3-12-4-2-6/h1-5H,(H2,11,13). The maximum absolute atomic E-state index is 5.66. The van der Waals surface area contributed by atoms with Crippen LogP contribution >= 0.6 is 11.6 Å². The minimum absolute atomic E-state index is 0.225. The molecule has 2 aromatic rings. The maximum atomic E-state index is 5.66. The fraction of sp³-hybridized carbons (Fsp3) is 0. The second kappa shape index (κ2) is 3.59. The summed E-state index contributed by atoms with van der Waals surface area (Å²) in [5, 5.41) is 7.87. The molecular formula is C9H7ClN4. The topological polar surface area (TPSA) is 64.7 Å². The quantitative estimate of drug-likeness (QED) is 0.773. The summed E-state index contributed by atoms with van der Waals surface area (Å²) >= 11 is 5.66. The number of anilines is 1. The first-order chi connectivity index (χ1) is 6.77. The van der Waals surface area contributed by atoms with Gasteiger partial charge in [-0.05, 0) is 18.2 Å². The first kappa shape index (κ1) is 8.90. The van der Waals surface area contributed by atoms with E-state index in [4.69, 9.17) is 17.3 Å². The van der Waals surface area contributed by atoms with Gasteiger partial charge in [0.05, 0.1) is 11.4 Å². The number of nitrogens with two attached hydrogens (primary N) is 1. The van der Waals surface area contributed by atoms with Gasteiger partial charge in [0.25, 0.3) is 0 Å². The largest absolute Gasteiger partial charge is 0.396 e. The lowest BCUT2D eigenvalue weighted by molar-refractivity contribution is 1.04. The van der Waals surface area contributed by atoms with E-state index in [1.54, 1.807) is 18.5 Å². The van der Waals surface area contributed by atoms with E-state index in [2.05, 4.69) is 15.2 Å². The average molecular weight is 207 g/mol. The SMILES string of the molecule is Nc1cc(-c2ccncc2)nnc1Cl. The van der Waals surface area contributed by atoms with Gasteiger partial charge >= 0.3 is 0 Å². The van der Waals surface area contributed by atoms with Crippen molar-refractivity contribution in [2.24, 2.45) is 0 Å². The molecule has 0 saturated heterocycles. The van der Waals surface area contributed by atoms with E-state index in [-0.39, 0.29) is 5.15 Å². The molecule has 0 fully saturated rings. The molecule has 2 rings (SSSR count). The summed E-state index contributed by atoms with van der Waals surface area (Å²) in [5.74, 6) is 0. The van der Waals surface area contributed by atoms with Gasteiger partial charge in [-0.3, -0.25) is 4.98 Å². The van der Waals surface area contributed by atoms with E-state index in [0.29, 0.717) is 11.4 Å². The molecule has 70 valence electrons. The number of hydrogen-bond donors (Lipinski definition) is 1. The Kier molecular flexibility index (Phi) is 2.28. The minimum atomic E-state index is 0.225. The van der Waals surface area contributed by atoms with Crippen LogP contribution in [-0.4, -0.2) is 15.2 Å². The average Bonchev–Trinajstić information content (AvgIpc) is 2.23. The van der Waals surface area contributed by atoms with Crippen LogP contribution in [0.1, 0.15) is 0 Å². The molecule has 14 heavy (non-hydrogen) atoms. The molecule has 0 spiro atoms. The van der Waals surface area contributed by atoms with Gasteiger partial charge in [-0.2, -0.15) is 0 Å². The van der Waals surface area contributed by atoms with Crippen LogP contribution in [0.4, 0.5) is 5.69 Å². The second-order valence-electron chi connectivity index (χ2n) is 2.71. The zero-order valence-electron chi connectivity index (χ0n) is 7.18. The first-order valence-electron chi connectivity index (χ1n) is 3.96. The minimum Gasteiger partial charge on any atom is -0.396 e. The van der Waals surface area contributed by atoms with Crippen molar-refractivity contribution in [3.8, 4) is 11.3 Å². The van der Waals surface area contributed by atoms with E-state index >= 15 is 0 Å². The van der Waals surface area contributed by atoms with Crippen molar-refractivity contribution in [3.63, 3.8) is 0 Å². The molecule has 0 aliphatic rings. The molecular weight excluding hydrogens is 200 g/mol. The molecule has 0 amide bonds. The van der Waals surface area contributed by atoms with Crippen LogP contribution in [0.15, 0.2) is 30.6 Å². The van der Waals surface area contributed by atoms with Gasteiger partial charge in [0, 0.05) is 18.0 Å². The molecule has 0 radical (unpaired) electrons. The van der Waals surface area contributed by atoms with Crippen molar-refractivity contribution in [2.75, 3.05) is 5.73 Å². The zero-order chi connectivity index (χ0) is 9.97. The Morgan fingerprint density at radius 2 is 1.86 bits per heavy atom. The molecule has 0 saturated carbocycles. The van der Waals surface area contributed by atoms with Gasteiger partial charge in [0.15, 0.2) is 5.15 Å². The number of aromatic nitrogens is 3. The molecule has 5 heteroatoms. The number of pyridine rings is 1. The van der Waals surface area contributed by atoms with Gasteiger partial charge in [-0.1, -0.05) is 11.6 Å². The van der Waals surface area contributed by atoms with E-state index in [1.807, 2.05) is 12.1 Å². The number of halogens is 1. The van der Waals surface area contributed by atoms with Crippen LogP contribution in [0.25, 0.3) is 11.3 Å². The maximum Gasteiger partial charge on any atom is 0.174 e. The van der Waals surface area contributed by atoms with Crippen molar-refractivity contribution in [1.82, 2.24) is 15.2 Å². The summed E-state index contributed by atoms with van der Waals surface area (Å²) in [6.45, 7) is 0. The molecule has 2 heterocycles.